The van der Waals surface area contributed by atoms with Crippen molar-refractivity contribution < 1.29 is 12.9 Å². The average Bonchev–Trinajstić information content (AvgIpc) is 3.05. The predicted molar refractivity (Wildman–Crippen MR) is 90.1 cm³/mol. The first kappa shape index (κ1) is 16.6. The molecule has 0 saturated heterocycles. The summed E-state index contributed by atoms with van der Waals surface area (Å²) in [6.45, 7) is 0.129. The Kier molecular flexibility index (Phi) is 4.94. The van der Waals surface area contributed by atoms with E-state index < -0.39 is 10.0 Å². The van der Waals surface area contributed by atoms with Crippen LogP contribution >= 0.6 is 11.6 Å². The van der Waals surface area contributed by atoms with Gasteiger partial charge in [0, 0.05) is 18.5 Å². The zero-order chi connectivity index (χ0) is 17.0. The number of hydrogen-bond donors (Lipinski definition) is 1. The normalized spacial score (nSPS) is 11.5. The van der Waals surface area contributed by atoms with Gasteiger partial charge in [-0.1, -0.05) is 59.2 Å². The van der Waals surface area contributed by atoms with Crippen molar-refractivity contribution in [3.05, 3.63) is 65.5 Å². The fraction of sp³-hybridized carbons (Fsp3) is 0.125. The van der Waals surface area contributed by atoms with Gasteiger partial charge in [-0.25, -0.2) is 13.1 Å². The molecular weight excluding hydrogens is 350 g/mol. The van der Waals surface area contributed by atoms with E-state index in [1.54, 1.807) is 12.1 Å². The Hall–Kier alpha value is -2.22. The Balaban J connectivity index is 1.63. The van der Waals surface area contributed by atoms with Crippen LogP contribution in [0.2, 0.25) is 5.02 Å². The number of nitrogens with one attached hydrogen (secondary N) is 1. The molecule has 0 unspecified atom stereocenters. The molecule has 0 aliphatic heterocycles. The molecule has 0 atom stereocenters. The molecule has 24 heavy (non-hydrogen) atoms. The van der Waals surface area contributed by atoms with Crippen LogP contribution in [0.4, 0.5) is 0 Å². The number of hydrogen-bond acceptors (Lipinski definition) is 5. The van der Waals surface area contributed by atoms with Crippen molar-refractivity contribution >= 4 is 21.6 Å². The molecule has 0 radical (unpaired) electrons. The smallest absolute Gasteiger partial charge is 0.242 e. The maximum absolute atomic E-state index is 12.2. The van der Waals surface area contributed by atoms with Crippen LogP contribution in [0.25, 0.3) is 11.4 Å². The van der Waals surface area contributed by atoms with Crippen LogP contribution in [0.1, 0.15) is 5.89 Å². The topological polar surface area (TPSA) is 85.1 Å². The molecule has 6 nitrogen and oxygen atoms in total. The average molecular weight is 364 g/mol. The Morgan fingerprint density at radius 3 is 2.50 bits per heavy atom. The van der Waals surface area contributed by atoms with Gasteiger partial charge < -0.3 is 4.52 Å². The molecule has 1 aromatic heterocycles. The Morgan fingerprint density at radius 1 is 1.04 bits per heavy atom. The largest absolute Gasteiger partial charge is 0.339 e. The molecule has 0 aliphatic rings. The lowest BCUT2D eigenvalue weighted by molar-refractivity contribution is 0.379. The van der Waals surface area contributed by atoms with Gasteiger partial charge in [0.2, 0.25) is 21.7 Å². The van der Waals surface area contributed by atoms with Crippen molar-refractivity contribution in [1.82, 2.24) is 14.9 Å². The molecular formula is C16H14ClN3O3S. The van der Waals surface area contributed by atoms with Crippen LogP contribution < -0.4 is 4.72 Å². The molecule has 0 amide bonds. The first-order valence-electron chi connectivity index (χ1n) is 7.18. The Labute approximate surface area is 144 Å². The molecule has 0 fully saturated rings. The zero-order valence-electron chi connectivity index (χ0n) is 12.5. The third kappa shape index (κ3) is 3.81. The number of rotatable bonds is 6. The Bertz CT molecular complexity index is 927. The maximum Gasteiger partial charge on any atom is 0.242 e. The van der Waals surface area contributed by atoms with Gasteiger partial charge >= 0.3 is 0 Å². The van der Waals surface area contributed by atoms with Crippen LogP contribution in [0.3, 0.4) is 0 Å². The van der Waals surface area contributed by atoms with Crippen molar-refractivity contribution in [2.45, 2.75) is 11.3 Å². The van der Waals surface area contributed by atoms with Crippen molar-refractivity contribution in [3.63, 3.8) is 0 Å². The highest BCUT2D eigenvalue weighted by Crippen LogP contribution is 2.20. The molecule has 1 heterocycles. The van der Waals surface area contributed by atoms with E-state index in [0.717, 1.165) is 5.56 Å². The summed E-state index contributed by atoms with van der Waals surface area (Å²) in [5.41, 5.74) is 0.837. The van der Waals surface area contributed by atoms with E-state index in [-0.39, 0.29) is 22.9 Å². The highest BCUT2D eigenvalue weighted by atomic mass is 35.5. The van der Waals surface area contributed by atoms with Gasteiger partial charge in [-0.15, -0.1) is 0 Å². The highest BCUT2D eigenvalue weighted by molar-refractivity contribution is 7.89. The molecule has 3 rings (SSSR count). The summed E-state index contributed by atoms with van der Waals surface area (Å²) in [5.74, 6) is 0.829. The van der Waals surface area contributed by atoms with E-state index >= 15 is 0 Å². The van der Waals surface area contributed by atoms with Crippen LogP contribution in [0, 0.1) is 0 Å². The summed E-state index contributed by atoms with van der Waals surface area (Å²) in [6, 6.07) is 15.7. The van der Waals surface area contributed by atoms with Crippen molar-refractivity contribution in [2.75, 3.05) is 6.54 Å². The first-order valence-corrected chi connectivity index (χ1v) is 9.04. The van der Waals surface area contributed by atoms with Gasteiger partial charge in [0.15, 0.2) is 0 Å². The number of halogens is 1. The van der Waals surface area contributed by atoms with Crippen LogP contribution in [0.15, 0.2) is 64.0 Å². The maximum atomic E-state index is 12.2. The molecule has 1 N–H and O–H groups in total. The monoisotopic (exact) mass is 363 g/mol. The minimum Gasteiger partial charge on any atom is -0.339 e. The van der Waals surface area contributed by atoms with Gasteiger partial charge in [0.25, 0.3) is 0 Å². The minimum atomic E-state index is -3.68. The number of nitrogens with zero attached hydrogens (tertiary/aromatic N) is 2. The van der Waals surface area contributed by atoms with Crippen LogP contribution in [-0.4, -0.2) is 25.1 Å². The van der Waals surface area contributed by atoms with Crippen LogP contribution in [0.5, 0.6) is 0 Å². The van der Waals surface area contributed by atoms with E-state index in [1.165, 1.54) is 12.1 Å². The molecule has 0 spiro atoms. The lowest BCUT2D eigenvalue weighted by atomic mass is 10.2. The third-order valence-corrected chi connectivity index (χ3v) is 5.22. The Morgan fingerprint density at radius 2 is 1.75 bits per heavy atom. The summed E-state index contributed by atoms with van der Waals surface area (Å²) in [6.07, 6.45) is 0.281. The van der Waals surface area contributed by atoms with Gasteiger partial charge in [-0.05, 0) is 12.1 Å². The number of sulfonamides is 1. The molecule has 3 aromatic rings. The SMILES string of the molecule is O=S(=O)(NCCc1nc(-c2ccccc2)no1)c1ccccc1Cl. The van der Waals surface area contributed by atoms with E-state index in [1.807, 2.05) is 30.3 Å². The highest BCUT2D eigenvalue weighted by Gasteiger charge is 2.17. The van der Waals surface area contributed by atoms with E-state index in [4.69, 9.17) is 16.1 Å². The number of benzene rings is 2. The fourth-order valence-corrected chi connectivity index (χ4v) is 3.64. The van der Waals surface area contributed by atoms with Gasteiger partial charge in [0.1, 0.15) is 4.90 Å². The fourth-order valence-electron chi connectivity index (χ4n) is 2.09. The second-order valence-corrected chi connectivity index (χ2v) is 7.10. The summed E-state index contributed by atoms with van der Waals surface area (Å²) in [5, 5.41) is 4.06. The molecule has 0 aliphatic carbocycles. The van der Waals surface area contributed by atoms with E-state index in [0.29, 0.717) is 11.7 Å². The lowest BCUT2D eigenvalue weighted by Crippen LogP contribution is -2.26. The second-order valence-electron chi connectivity index (χ2n) is 4.96. The van der Waals surface area contributed by atoms with Crippen molar-refractivity contribution in [2.24, 2.45) is 0 Å². The number of aromatic nitrogens is 2. The van der Waals surface area contributed by atoms with Crippen LogP contribution in [-0.2, 0) is 16.4 Å². The lowest BCUT2D eigenvalue weighted by Gasteiger charge is -2.06. The minimum absolute atomic E-state index is 0.0437. The zero-order valence-corrected chi connectivity index (χ0v) is 14.1. The standard InChI is InChI=1S/C16H14ClN3O3S/c17-13-8-4-5-9-14(13)24(21,22)18-11-10-15-19-16(20-23-15)12-6-2-1-3-7-12/h1-9,18H,10-11H2. The summed E-state index contributed by atoms with van der Waals surface area (Å²) >= 11 is 5.92. The van der Waals surface area contributed by atoms with Gasteiger partial charge in [-0.2, -0.15) is 4.98 Å². The second kappa shape index (κ2) is 7.12. The van der Waals surface area contributed by atoms with Gasteiger partial charge in [0.05, 0.1) is 5.02 Å². The molecule has 2 aromatic carbocycles. The summed E-state index contributed by atoms with van der Waals surface area (Å²) in [7, 11) is -3.68. The van der Waals surface area contributed by atoms with E-state index in [2.05, 4.69) is 14.9 Å². The van der Waals surface area contributed by atoms with Gasteiger partial charge in [-0.3, -0.25) is 0 Å². The molecule has 0 bridgehead atoms. The summed E-state index contributed by atoms with van der Waals surface area (Å²) < 4.78 is 32.0. The predicted octanol–water partition coefficient (Wildman–Crippen LogP) is 2.91. The van der Waals surface area contributed by atoms with Crippen molar-refractivity contribution in [3.8, 4) is 11.4 Å². The molecule has 8 heteroatoms. The quantitative estimate of drug-likeness (QED) is 0.727. The van der Waals surface area contributed by atoms with E-state index in [9.17, 15) is 8.42 Å². The first-order chi connectivity index (χ1) is 11.6. The third-order valence-electron chi connectivity index (χ3n) is 3.26. The summed E-state index contributed by atoms with van der Waals surface area (Å²) in [4.78, 5) is 4.30. The van der Waals surface area contributed by atoms with Crippen molar-refractivity contribution in [1.29, 1.82) is 0 Å². The molecule has 124 valence electrons. The molecule has 0 saturated carbocycles.